The van der Waals surface area contributed by atoms with E-state index in [1.54, 1.807) is 18.2 Å². The van der Waals surface area contributed by atoms with Gasteiger partial charge in [-0.2, -0.15) is 0 Å². The maximum atomic E-state index is 12.3. The van der Waals surface area contributed by atoms with Gasteiger partial charge in [0, 0.05) is 49.4 Å². The molecule has 154 valence electrons. The first-order valence-electron chi connectivity index (χ1n) is 9.55. The Labute approximate surface area is 173 Å². The molecule has 0 heterocycles. The highest BCUT2D eigenvalue weighted by Crippen LogP contribution is 2.16. The first-order chi connectivity index (χ1) is 14.5. The van der Waals surface area contributed by atoms with Crippen LogP contribution in [0.4, 0.5) is 11.4 Å². The van der Waals surface area contributed by atoms with Gasteiger partial charge in [0.2, 0.25) is 5.91 Å². The third kappa shape index (κ3) is 5.78. The maximum absolute atomic E-state index is 12.3. The maximum Gasteiger partial charge on any atom is 0.269 e. The van der Waals surface area contributed by atoms with Crippen molar-refractivity contribution in [2.45, 2.75) is 6.42 Å². The second kappa shape index (κ2) is 10.0. The van der Waals surface area contributed by atoms with Crippen LogP contribution in [0.2, 0.25) is 0 Å². The van der Waals surface area contributed by atoms with Crippen LogP contribution in [0.3, 0.4) is 0 Å². The molecule has 0 atom stereocenters. The fourth-order valence-electron chi connectivity index (χ4n) is 2.92. The van der Waals surface area contributed by atoms with Crippen molar-refractivity contribution in [3.8, 4) is 0 Å². The van der Waals surface area contributed by atoms with E-state index in [2.05, 4.69) is 16.0 Å². The van der Waals surface area contributed by atoms with Gasteiger partial charge in [-0.25, -0.2) is 0 Å². The molecule has 3 N–H and O–H groups in total. The number of nitro benzene ring substituents is 1. The minimum atomic E-state index is -0.456. The summed E-state index contributed by atoms with van der Waals surface area (Å²) in [5.74, 6) is -0.382. The zero-order chi connectivity index (χ0) is 21.3. The molecule has 0 aliphatic carbocycles. The Balaban J connectivity index is 1.34. The highest BCUT2D eigenvalue weighted by Gasteiger charge is 2.08. The summed E-state index contributed by atoms with van der Waals surface area (Å²) in [6.07, 6.45) is 0.177. The molecular formula is C22H22N4O4. The molecule has 2 amide bonds. The van der Waals surface area contributed by atoms with Crippen molar-refractivity contribution in [3.63, 3.8) is 0 Å². The van der Waals surface area contributed by atoms with Crippen LogP contribution in [0.1, 0.15) is 16.8 Å². The number of benzene rings is 3. The summed E-state index contributed by atoms with van der Waals surface area (Å²) in [5.41, 5.74) is 1.32. The molecule has 0 spiro atoms. The summed E-state index contributed by atoms with van der Waals surface area (Å²) in [4.78, 5) is 34.3. The average molecular weight is 406 g/mol. The summed E-state index contributed by atoms with van der Waals surface area (Å²) in [5, 5.41) is 21.3. The summed E-state index contributed by atoms with van der Waals surface area (Å²) >= 11 is 0. The number of rotatable bonds is 9. The summed E-state index contributed by atoms with van der Waals surface area (Å²) < 4.78 is 0. The van der Waals surface area contributed by atoms with Crippen molar-refractivity contribution >= 4 is 34.0 Å². The number of hydrogen-bond acceptors (Lipinski definition) is 5. The molecule has 0 unspecified atom stereocenters. The molecule has 0 aliphatic rings. The Morgan fingerprint density at radius 2 is 1.57 bits per heavy atom. The zero-order valence-electron chi connectivity index (χ0n) is 16.3. The van der Waals surface area contributed by atoms with E-state index in [9.17, 15) is 19.7 Å². The Morgan fingerprint density at radius 3 is 2.30 bits per heavy atom. The van der Waals surface area contributed by atoms with Crippen molar-refractivity contribution in [1.82, 2.24) is 10.6 Å². The van der Waals surface area contributed by atoms with Gasteiger partial charge in [-0.1, -0.05) is 30.3 Å². The van der Waals surface area contributed by atoms with Crippen LogP contribution in [0.15, 0.2) is 66.7 Å². The third-order valence-corrected chi connectivity index (χ3v) is 4.50. The standard InChI is InChI=1S/C22H22N4O4/c27-21(24-14-13-23-19-7-9-20(10-8-19)26(29)30)11-12-25-22(28)18-6-5-16-3-1-2-4-17(16)15-18/h1-10,15,23H,11-14H2,(H,24,27)(H,25,28). The quantitative estimate of drug-likeness (QED) is 0.287. The molecule has 0 radical (unpaired) electrons. The van der Waals surface area contributed by atoms with Gasteiger partial charge < -0.3 is 16.0 Å². The Morgan fingerprint density at radius 1 is 0.833 bits per heavy atom. The Hall–Kier alpha value is -3.94. The van der Waals surface area contributed by atoms with Crippen LogP contribution in [0, 0.1) is 10.1 Å². The molecule has 8 heteroatoms. The van der Waals surface area contributed by atoms with E-state index in [0.29, 0.717) is 18.7 Å². The lowest BCUT2D eigenvalue weighted by Gasteiger charge is -2.09. The molecule has 0 bridgehead atoms. The van der Waals surface area contributed by atoms with Crippen LogP contribution < -0.4 is 16.0 Å². The second-order valence-electron chi connectivity index (χ2n) is 6.65. The van der Waals surface area contributed by atoms with Crippen LogP contribution >= 0.6 is 0 Å². The molecule has 0 aromatic heterocycles. The normalized spacial score (nSPS) is 10.4. The van der Waals surface area contributed by atoms with E-state index in [1.165, 1.54) is 12.1 Å². The van der Waals surface area contributed by atoms with Gasteiger partial charge in [-0.3, -0.25) is 19.7 Å². The molecular weight excluding hydrogens is 384 g/mol. The van der Waals surface area contributed by atoms with Crippen LogP contribution in [-0.4, -0.2) is 36.4 Å². The lowest BCUT2D eigenvalue weighted by Crippen LogP contribution is -2.33. The van der Waals surface area contributed by atoms with Gasteiger partial charge in [0.15, 0.2) is 0 Å². The highest BCUT2D eigenvalue weighted by molar-refractivity contribution is 5.98. The lowest BCUT2D eigenvalue weighted by atomic mass is 10.1. The molecule has 8 nitrogen and oxygen atoms in total. The first kappa shape index (κ1) is 20.8. The number of non-ortho nitro benzene ring substituents is 1. The number of fused-ring (bicyclic) bond motifs is 1. The van der Waals surface area contributed by atoms with Gasteiger partial charge >= 0.3 is 0 Å². The van der Waals surface area contributed by atoms with Crippen molar-refractivity contribution in [2.75, 3.05) is 25.0 Å². The number of nitro groups is 1. The van der Waals surface area contributed by atoms with E-state index in [0.717, 1.165) is 16.5 Å². The minimum absolute atomic E-state index is 0.0274. The van der Waals surface area contributed by atoms with E-state index in [4.69, 9.17) is 0 Å². The molecule has 0 fully saturated rings. The van der Waals surface area contributed by atoms with Crippen molar-refractivity contribution in [1.29, 1.82) is 0 Å². The predicted octanol–water partition coefficient (Wildman–Crippen LogP) is 3.10. The van der Waals surface area contributed by atoms with E-state index in [-0.39, 0.29) is 30.5 Å². The largest absolute Gasteiger partial charge is 0.383 e. The second-order valence-corrected chi connectivity index (χ2v) is 6.65. The monoisotopic (exact) mass is 406 g/mol. The molecule has 0 saturated heterocycles. The summed E-state index contributed by atoms with van der Waals surface area (Å²) in [6.45, 7) is 1.12. The number of anilines is 1. The van der Waals surface area contributed by atoms with Gasteiger partial charge in [0.05, 0.1) is 4.92 Å². The molecule has 0 aliphatic heterocycles. The summed E-state index contributed by atoms with van der Waals surface area (Å²) in [6, 6.07) is 19.4. The highest BCUT2D eigenvalue weighted by atomic mass is 16.6. The number of hydrogen-bond donors (Lipinski definition) is 3. The smallest absolute Gasteiger partial charge is 0.269 e. The van der Waals surface area contributed by atoms with E-state index in [1.807, 2.05) is 36.4 Å². The Kier molecular flexibility index (Phi) is 6.94. The fourth-order valence-corrected chi connectivity index (χ4v) is 2.92. The van der Waals surface area contributed by atoms with Crippen LogP contribution in [0.25, 0.3) is 10.8 Å². The topological polar surface area (TPSA) is 113 Å². The SMILES string of the molecule is O=C(CCNC(=O)c1ccc2ccccc2c1)NCCNc1ccc([N+](=O)[O-])cc1. The van der Waals surface area contributed by atoms with E-state index < -0.39 is 4.92 Å². The number of carbonyl (C=O) groups is 2. The average Bonchev–Trinajstić information content (AvgIpc) is 2.76. The lowest BCUT2D eigenvalue weighted by molar-refractivity contribution is -0.384. The number of amides is 2. The molecule has 3 rings (SSSR count). The summed E-state index contributed by atoms with van der Waals surface area (Å²) in [7, 11) is 0. The van der Waals surface area contributed by atoms with Gasteiger partial charge in [0.1, 0.15) is 0 Å². The third-order valence-electron chi connectivity index (χ3n) is 4.50. The molecule has 3 aromatic rings. The van der Waals surface area contributed by atoms with Crippen LogP contribution in [-0.2, 0) is 4.79 Å². The molecule has 0 saturated carbocycles. The first-order valence-corrected chi connectivity index (χ1v) is 9.55. The molecule has 30 heavy (non-hydrogen) atoms. The number of carbonyl (C=O) groups excluding carboxylic acids is 2. The number of nitrogens with zero attached hydrogens (tertiary/aromatic N) is 1. The minimum Gasteiger partial charge on any atom is -0.383 e. The van der Waals surface area contributed by atoms with Gasteiger partial charge in [-0.05, 0) is 35.0 Å². The van der Waals surface area contributed by atoms with Gasteiger partial charge in [0.25, 0.3) is 11.6 Å². The van der Waals surface area contributed by atoms with E-state index >= 15 is 0 Å². The molecule has 3 aromatic carbocycles. The van der Waals surface area contributed by atoms with Crippen LogP contribution in [0.5, 0.6) is 0 Å². The van der Waals surface area contributed by atoms with Gasteiger partial charge in [-0.15, -0.1) is 0 Å². The fraction of sp³-hybridized carbons (Fsp3) is 0.182. The number of nitrogens with one attached hydrogen (secondary N) is 3. The van der Waals surface area contributed by atoms with Crippen molar-refractivity contribution in [3.05, 3.63) is 82.4 Å². The predicted molar refractivity (Wildman–Crippen MR) is 115 cm³/mol. The zero-order valence-corrected chi connectivity index (χ0v) is 16.3. The Bertz CT molecular complexity index is 1050. The van der Waals surface area contributed by atoms with Crippen molar-refractivity contribution in [2.24, 2.45) is 0 Å². The van der Waals surface area contributed by atoms with Crippen molar-refractivity contribution < 1.29 is 14.5 Å².